The quantitative estimate of drug-likeness (QED) is 0.798. The zero-order chi connectivity index (χ0) is 13.0. The van der Waals surface area contributed by atoms with Gasteiger partial charge >= 0.3 is 5.97 Å². The molecule has 0 aliphatic carbocycles. The van der Waals surface area contributed by atoms with Gasteiger partial charge in [0.15, 0.2) is 0 Å². The molecule has 0 amide bonds. The van der Waals surface area contributed by atoms with E-state index in [2.05, 4.69) is 6.58 Å². The van der Waals surface area contributed by atoms with E-state index in [4.69, 9.17) is 14.6 Å². The van der Waals surface area contributed by atoms with Gasteiger partial charge in [0.1, 0.15) is 11.5 Å². The second-order valence-electron chi connectivity index (χ2n) is 3.50. The Labute approximate surface area is 100 Å². The SMILES string of the molecule is C=C(OCC)c1c(C(=O)O)ccc(C)c1OC. The number of aryl methyl sites for hydroxylation is 1. The van der Waals surface area contributed by atoms with Crippen molar-refractivity contribution in [3.63, 3.8) is 0 Å². The van der Waals surface area contributed by atoms with Crippen molar-refractivity contribution in [2.24, 2.45) is 0 Å². The van der Waals surface area contributed by atoms with Crippen molar-refractivity contribution in [1.82, 2.24) is 0 Å². The highest BCUT2D eigenvalue weighted by Gasteiger charge is 2.20. The van der Waals surface area contributed by atoms with Gasteiger partial charge in [0.25, 0.3) is 0 Å². The van der Waals surface area contributed by atoms with Gasteiger partial charge in [-0.3, -0.25) is 0 Å². The Kier molecular flexibility index (Phi) is 4.15. The average Bonchev–Trinajstić information content (AvgIpc) is 2.28. The van der Waals surface area contributed by atoms with Gasteiger partial charge in [-0.2, -0.15) is 0 Å². The Hall–Kier alpha value is -1.97. The van der Waals surface area contributed by atoms with Crippen LogP contribution in [0.15, 0.2) is 18.7 Å². The molecule has 1 rings (SSSR count). The fourth-order valence-electron chi connectivity index (χ4n) is 1.65. The van der Waals surface area contributed by atoms with E-state index in [0.717, 1.165) is 5.56 Å². The van der Waals surface area contributed by atoms with E-state index < -0.39 is 5.97 Å². The molecule has 0 aromatic heterocycles. The normalized spacial score (nSPS) is 9.82. The first-order valence-corrected chi connectivity index (χ1v) is 5.25. The second-order valence-corrected chi connectivity index (χ2v) is 3.50. The van der Waals surface area contributed by atoms with Crippen LogP contribution in [0.1, 0.15) is 28.4 Å². The van der Waals surface area contributed by atoms with Gasteiger partial charge in [-0.05, 0) is 25.5 Å². The third-order valence-electron chi connectivity index (χ3n) is 2.39. The smallest absolute Gasteiger partial charge is 0.336 e. The number of benzene rings is 1. The lowest BCUT2D eigenvalue weighted by Gasteiger charge is -2.16. The highest BCUT2D eigenvalue weighted by molar-refractivity contribution is 5.95. The molecule has 0 unspecified atom stereocenters. The molecule has 0 saturated heterocycles. The van der Waals surface area contributed by atoms with E-state index >= 15 is 0 Å². The van der Waals surface area contributed by atoms with E-state index in [1.54, 1.807) is 6.07 Å². The van der Waals surface area contributed by atoms with Crippen LogP contribution in [0.25, 0.3) is 5.76 Å². The minimum atomic E-state index is -1.03. The van der Waals surface area contributed by atoms with Gasteiger partial charge < -0.3 is 14.6 Å². The summed E-state index contributed by atoms with van der Waals surface area (Å²) in [5.74, 6) is -0.229. The molecule has 17 heavy (non-hydrogen) atoms. The van der Waals surface area contributed by atoms with Crippen LogP contribution >= 0.6 is 0 Å². The summed E-state index contributed by atoms with van der Waals surface area (Å²) in [7, 11) is 1.50. The van der Waals surface area contributed by atoms with E-state index in [-0.39, 0.29) is 5.56 Å². The zero-order valence-corrected chi connectivity index (χ0v) is 10.2. The molecular formula is C13H16O4. The topological polar surface area (TPSA) is 55.8 Å². The van der Waals surface area contributed by atoms with Crippen molar-refractivity contribution in [3.8, 4) is 5.75 Å². The molecule has 0 saturated carbocycles. The maximum atomic E-state index is 11.2. The third-order valence-corrected chi connectivity index (χ3v) is 2.39. The van der Waals surface area contributed by atoms with Gasteiger partial charge in [-0.1, -0.05) is 12.6 Å². The summed E-state index contributed by atoms with van der Waals surface area (Å²) in [4.78, 5) is 11.2. The Morgan fingerprint density at radius 2 is 2.12 bits per heavy atom. The van der Waals surface area contributed by atoms with E-state index in [1.807, 2.05) is 13.8 Å². The summed E-state index contributed by atoms with van der Waals surface area (Å²) in [6.45, 7) is 7.82. The first kappa shape index (κ1) is 13.1. The summed E-state index contributed by atoms with van der Waals surface area (Å²) in [5, 5.41) is 9.14. The molecule has 1 aromatic carbocycles. The number of carbonyl (C=O) groups is 1. The minimum Gasteiger partial charge on any atom is -0.496 e. The highest BCUT2D eigenvalue weighted by Crippen LogP contribution is 2.32. The van der Waals surface area contributed by atoms with E-state index in [0.29, 0.717) is 23.7 Å². The first-order valence-electron chi connectivity index (χ1n) is 5.25. The minimum absolute atomic E-state index is 0.130. The number of carboxylic acids is 1. The molecule has 0 aliphatic rings. The molecule has 0 bridgehead atoms. The fraction of sp³-hybridized carbons (Fsp3) is 0.308. The molecule has 0 aliphatic heterocycles. The number of ether oxygens (including phenoxy) is 2. The predicted octanol–water partition coefficient (Wildman–Crippen LogP) is 2.71. The Bertz CT molecular complexity index is 449. The van der Waals surface area contributed by atoms with Crippen LogP contribution in [0.2, 0.25) is 0 Å². The summed E-state index contributed by atoms with van der Waals surface area (Å²) < 4.78 is 10.5. The maximum absolute atomic E-state index is 11.2. The largest absolute Gasteiger partial charge is 0.496 e. The van der Waals surface area contributed by atoms with Gasteiger partial charge in [-0.25, -0.2) is 4.79 Å². The molecule has 0 atom stereocenters. The number of hydrogen-bond donors (Lipinski definition) is 1. The van der Waals surface area contributed by atoms with Crippen LogP contribution in [0.3, 0.4) is 0 Å². The molecule has 4 nitrogen and oxygen atoms in total. The molecule has 1 N–H and O–H groups in total. The zero-order valence-electron chi connectivity index (χ0n) is 10.2. The van der Waals surface area contributed by atoms with Gasteiger partial charge in [0.2, 0.25) is 0 Å². The molecular weight excluding hydrogens is 220 g/mol. The van der Waals surface area contributed by atoms with Crippen molar-refractivity contribution >= 4 is 11.7 Å². The fourth-order valence-corrected chi connectivity index (χ4v) is 1.65. The summed E-state index contributed by atoms with van der Waals surface area (Å²) in [6, 6.07) is 3.23. The second kappa shape index (κ2) is 5.39. The average molecular weight is 236 g/mol. The lowest BCUT2D eigenvalue weighted by atomic mass is 10.0. The summed E-state index contributed by atoms with van der Waals surface area (Å²) in [5.41, 5.74) is 1.38. The number of carboxylic acid groups (broad SMARTS) is 1. The van der Waals surface area contributed by atoms with Crippen LogP contribution in [0.5, 0.6) is 5.75 Å². The standard InChI is InChI=1S/C13H16O4/c1-5-17-9(3)11-10(13(14)15)7-6-8(2)12(11)16-4/h6-7H,3,5H2,1-2,4H3,(H,14,15). The van der Waals surface area contributed by atoms with Crippen LogP contribution in [-0.4, -0.2) is 24.8 Å². The number of hydrogen-bond acceptors (Lipinski definition) is 3. The lowest BCUT2D eigenvalue weighted by molar-refractivity contribution is 0.0695. The number of aromatic carboxylic acids is 1. The molecule has 0 fully saturated rings. The van der Waals surface area contributed by atoms with Crippen molar-refractivity contribution in [1.29, 1.82) is 0 Å². The van der Waals surface area contributed by atoms with Gasteiger partial charge in [0.05, 0.1) is 24.8 Å². The summed E-state index contributed by atoms with van der Waals surface area (Å²) >= 11 is 0. The van der Waals surface area contributed by atoms with Crippen molar-refractivity contribution in [2.45, 2.75) is 13.8 Å². The van der Waals surface area contributed by atoms with Crippen molar-refractivity contribution in [2.75, 3.05) is 13.7 Å². The number of rotatable bonds is 5. The van der Waals surface area contributed by atoms with Crippen molar-refractivity contribution < 1.29 is 19.4 Å². The van der Waals surface area contributed by atoms with E-state index in [9.17, 15) is 4.79 Å². The molecule has 4 heteroatoms. The Morgan fingerprint density at radius 1 is 1.47 bits per heavy atom. The Morgan fingerprint density at radius 3 is 2.59 bits per heavy atom. The molecule has 0 radical (unpaired) electrons. The van der Waals surface area contributed by atoms with Crippen LogP contribution in [0.4, 0.5) is 0 Å². The predicted molar refractivity (Wildman–Crippen MR) is 65.4 cm³/mol. The number of methoxy groups -OCH3 is 1. The van der Waals surface area contributed by atoms with Crippen molar-refractivity contribution in [3.05, 3.63) is 35.4 Å². The monoisotopic (exact) mass is 236 g/mol. The van der Waals surface area contributed by atoms with Crippen LogP contribution < -0.4 is 4.74 Å². The highest BCUT2D eigenvalue weighted by atomic mass is 16.5. The first-order chi connectivity index (χ1) is 8.02. The van der Waals surface area contributed by atoms with Crippen LogP contribution in [0, 0.1) is 6.92 Å². The summed E-state index contributed by atoms with van der Waals surface area (Å²) in [6.07, 6.45) is 0. The van der Waals surface area contributed by atoms with Gasteiger partial charge in [-0.15, -0.1) is 0 Å². The molecule has 0 spiro atoms. The molecule has 0 heterocycles. The molecule has 92 valence electrons. The van der Waals surface area contributed by atoms with Gasteiger partial charge in [0, 0.05) is 0 Å². The third kappa shape index (κ3) is 2.58. The van der Waals surface area contributed by atoms with E-state index in [1.165, 1.54) is 13.2 Å². The molecule has 1 aromatic rings. The van der Waals surface area contributed by atoms with Crippen LogP contribution in [-0.2, 0) is 4.74 Å². The Balaban J connectivity index is 3.44. The lowest BCUT2D eigenvalue weighted by Crippen LogP contribution is -2.06. The maximum Gasteiger partial charge on any atom is 0.336 e.